The summed E-state index contributed by atoms with van der Waals surface area (Å²) >= 11 is 0. The molecule has 0 saturated carbocycles. The van der Waals surface area contributed by atoms with Crippen LogP contribution in [-0.2, 0) is 0 Å². The van der Waals surface area contributed by atoms with Gasteiger partial charge in [0.1, 0.15) is 0 Å². The quantitative estimate of drug-likeness (QED) is 0.616. The second-order valence-electron chi connectivity index (χ2n) is 3.43. The van der Waals surface area contributed by atoms with Crippen molar-refractivity contribution in [2.75, 3.05) is 11.4 Å². The standard InChI is InChI=1S/C11H15N/c1-2-6-11-9-12(11)10-7-4-3-5-8-10/h3-5,7-8,11H,2,6,9H2,1H3. The molecule has 0 bridgehead atoms. The molecule has 1 nitrogen and oxygen atoms in total. The highest BCUT2D eigenvalue weighted by molar-refractivity contribution is 5.53. The lowest BCUT2D eigenvalue weighted by molar-refractivity contribution is 0.794. The van der Waals surface area contributed by atoms with Crippen molar-refractivity contribution >= 4 is 5.69 Å². The van der Waals surface area contributed by atoms with Crippen LogP contribution in [0, 0.1) is 0 Å². The highest BCUT2D eigenvalue weighted by Gasteiger charge is 2.32. The Kier molecular flexibility index (Phi) is 2.03. The minimum atomic E-state index is 0.831. The Bertz CT molecular complexity index is 242. The molecule has 0 N–H and O–H groups in total. The SMILES string of the molecule is CCCC1CN1c1ccccc1. The van der Waals surface area contributed by atoms with Crippen LogP contribution < -0.4 is 4.90 Å². The maximum atomic E-state index is 2.46. The van der Waals surface area contributed by atoms with Crippen molar-refractivity contribution < 1.29 is 0 Å². The van der Waals surface area contributed by atoms with E-state index in [2.05, 4.69) is 42.2 Å². The minimum absolute atomic E-state index is 0.831. The summed E-state index contributed by atoms with van der Waals surface area (Å²) in [6.45, 7) is 3.51. The van der Waals surface area contributed by atoms with Crippen molar-refractivity contribution in [3.63, 3.8) is 0 Å². The van der Waals surface area contributed by atoms with E-state index in [4.69, 9.17) is 0 Å². The van der Waals surface area contributed by atoms with Gasteiger partial charge in [-0.3, -0.25) is 0 Å². The first kappa shape index (κ1) is 7.66. The van der Waals surface area contributed by atoms with E-state index < -0.39 is 0 Å². The molecule has 64 valence electrons. The zero-order valence-electron chi connectivity index (χ0n) is 7.53. The smallest absolute Gasteiger partial charge is 0.0466 e. The van der Waals surface area contributed by atoms with Gasteiger partial charge >= 0.3 is 0 Å². The highest BCUT2D eigenvalue weighted by Crippen LogP contribution is 2.29. The summed E-state index contributed by atoms with van der Waals surface area (Å²) in [6, 6.07) is 11.5. The van der Waals surface area contributed by atoms with Crippen LogP contribution in [-0.4, -0.2) is 12.6 Å². The molecule has 0 radical (unpaired) electrons. The molecule has 2 rings (SSSR count). The Labute approximate surface area is 74.0 Å². The van der Waals surface area contributed by atoms with Crippen molar-refractivity contribution in [3.8, 4) is 0 Å². The first-order valence-electron chi connectivity index (χ1n) is 4.73. The Hall–Kier alpha value is -0.980. The molecule has 1 fully saturated rings. The Balaban J connectivity index is 1.97. The molecule has 0 aliphatic carbocycles. The maximum Gasteiger partial charge on any atom is 0.0466 e. The molecule has 1 aliphatic heterocycles. The fourth-order valence-electron chi connectivity index (χ4n) is 1.70. The third-order valence-corrected chi connectivity index (χ3v) is 2.42. The van der Waals surface area contributed by atoms with Gasteiger partial charge in [0.15, 0.2) is 0 Å². The summed E-state index contributed by atoms with van der Waals surface area (Å²) < 4.78 is 0. The van der Waals surface area contributed by atoms with Crippen LogP contribution in [0.25, 0.3) is 0 Å². The van der Waals surface area contributed by atoms with Crippen molar-refractivity contribution in [2.24, 2.45) is 0 Å². The molecular formula is C11H15N. The van der Waals surface area contributed by atoms with Gasteiger partial charge in [0.25, 0.3) is 0 Å². The number of nitrogens with zero attached hydrogens (tertiary/aromatic N) is 1. The van der Waals surface area contributed by atoms with Crippen molar-refractivity contribution in [2.45, 2.75) is 25.8 Å². The van der Waals surface area contributed by atoms with Gasteiger partial charge in [-0.1, -0.05) is 31.5 Å². The Morgan fingerprint density at radius 2 is 2.08 bits per heavy atom. The van der Waals surface area contributed by atoms with Crippen molar-refractivity contribution in [3.05, 3.63) is 30.3 Å². The lowest BCUT2D eigenvalue weighted by Crippen LogP contribution is -1.97. The van der Waals surface area contributed by atoms with Crippen molar-refractivity contribution in [1.29, 1.82) is 0 Å². The van der Waals surface area contributed by atoms with Gasteiger partial charge in [-0.25, -0.2) is 0 Å². The fourth-order valence-corrected chi connectivity index (χ4v) is 1.70. The first-order chi connectivity index (χ1) is 5.92. The predicted molar refractivity (Wildman–Crippen MR) is 52.5 cm³/mol. The Morgan fingerprint density at radius 3 is 2.75 bits per heavy atom. The zero-order chi connectivity index (χ0) is 8.39. The van der Waals surface area contributed by atoms with Gasteiger partial charge in [0.05, 0.1) is 0 Å². The van der Waals surface area contributed by atoms with E-state index in [1.807, 2.05) is 0 Å². The molecule has 1 heteroatoms. The lowest BCUT2D eigenvalue weighted by atomic mass is 10.2. The molecule has 1 aromatic carbocycles. The molecular weight excluding hydrogens is 146 g/mol. The third kappa shape index (κ3) is 1.45. The van der Waals surface area contributed by atoms with E-state index in [0.29, 0.717) is 0 Å². The second kappa shape index (κ2) is 3.18. The van der Waals surface area contributed by atoms with E-state index in [-0.39, 0.29) is 0 Å². The van der Waals surface area contributed by atoms with E-state index in [1.165, 1.54) is 25.1 Å². The van der Waals surface area contributed by atoms with Crippen LogP contribution in [0.5, 0.6) is 0 Å². The number of rotatable bonds is 3. The molecule has 1 saturated heterocycles. The average Bonchev–Trinajstić information content (AvgIpc) is 2.87. The summed E-state index contributed by atoms with van der Waals surface area (Å²) in [6.07, 6.45) is 2.64. The average molecular weight is 161 g/mol. The van der Waals surface area contributed by atoms with E-state index in [1.54, 1.807) is 0 Å². The summed E-state index contributed by atoms with van der Waals surface area (Å²) in [5.41, 5.74) is 1.39. The summed E-state index contributed by atoms with van der Waals surface area (Å²) in [5, 5.41) is 0. The number of hydrogen-bond acceptors (Lipinski definition) is 1. The van der Waals surface area contributed by atoms with Gasteiger partial charge in [0, 0.05) is 18.3 Å². The number of anilines is 1. The van der Waals surface area contributed by atoms with Crippen molar-refractivity contribution in [1.82, 2.24) is 0 Å². The van der Waals surface area contributed by atoms with Gasteiger partial charge in [0.2, 0.25) is 0 Å². The fraction of sp³-hybridized carbons (Fsp3) is 0.455. The lowest BCUT2D eigenvalue weighted by Gasteiger charge is -2.03. The van der Waals surface area contributed by atoms with Crippen LogP contribution in [0.15, 0.2) is 30.3 Å². The van der Waals surface area contributed by atoms with E-state index in [0.717, 1.165) is 6.04 Å². The van der Waals surface area contributed by atoms with Crippen LogP contribution in [0.2, 0.25) is 0 Å². The molecule has 1 aliphatic rings. The van der Waals surface area contributed by atoms with Gasteiger partial charge in [-0.05, 0) is 18.6 Å². The molecule has 1 unspecified atom stereocenters. The molecule has 12 heavy (non-hydrogen) atoms. The number of para-hydroxylation sites is 1. The number of hydrogen-bond donors (Lipinski definition) is 0. The first-order valence-corrected chi connectivity index (χ1v) is 4.73. The monoisotopic (exact) mass is 161 g/mol. The van der Waals surface area contributed by atoms with Gasteiger partial charge in [-0.15, -0.1) is 0 Å². The van der Waals surface area contributed by atoms with E-state index >= 15 is 0 Å². The molecule has 1 heterocycles. The van der Waals surface area contributed by atoms with Crippen LogP contribution >= 0.6 is 0 Å². The number of benzene rings is 1. The highest BCUT2D eigenvalue weighted by atomic mass is 15.3. The summed E-state index contributed by atoms with van der Waals surface area (Å²) in [4.78, 5) is 2.46. The third-order valence-electron chi connectivity index (χ3n) is 2.42. The zero-order valence-corrected chi connectivity index (χ0v) is 7.53. The normalized spacial score (nSPS) is 21.1. The van der Waals surface area contributed by atoms with Crippen LogP contribution in [0.4, 0.5) is 5.69 Å². The summed E-state index contributed by atoms with van der Waals surface area (Å²) in [7, 11) is 0. The molecule has 0 amide bonds. The van der Waals surface area contributed by atoms with E-state index in [9.17, 15) is 0 Å². The Morgan fingerprint density at radius 1 is 1.33 bits per heavy atom. The maximum absolute atomic E-state index is 2.46. The van der Waals surface area contributed by atoms with Gasteiger partial charge < -0.3 is 4.90 Å². The minimum Gasteiger partial charge on any atom is -0.365 e. The summed E-state index contributed by atoms with van der Waals surface area (Å²) in [5.74, 6) is 0. The largest absolute Gasteiger partial charge is 0.365 e. The molecule has 1 atom stereocenters. The molecule has 0 aromatic heterocycles. The second-order valence-corrected chi connectivity index (χ2v) is 3.43. The molecule has 0 spiro atoms. The van der Waals surface area contributed by atoms with Crippen LogP contribution in [0.1, 0.15) is 19.8 Å². The van der Waals surface area contributed by atoms with Crippen LogP contribution in [0.3, 0.4) is 0 Å². The van der Waals surface area contributed by atoms with Gasteiger partial charge in [-0.2, -0.15) is 0 Å². The molecule has 1 aromatic rings. The topological polar surface area (TPSA) is 3.01 Å². The predicted octanol–water partition coefficient (Wildman–Crippen LogP) is 2.68.